The molecule has 31 heavy (non-hydrogen) atoms. The predicted octanol–water partition coefficient (Wildman–Crippen LogP) is 5.41. The number of hydrogen-bond acceptors (Lipinski definition) is 6. The lowest BCUT2D eigenvalue weighted by atomic mass is 10.1. The van der Waals surface area contributed by atoms with E-state index in [1.807, 2.05) is 61.2 Å². The predicted molar refractivity (Wildman–Crippen MR) is 124 cm³/mol. The third-order valence-corrected chi connectivity index (χ3v) is 6.55. The second-order valence-electron chi connectivity index (χ2n) is 7.72. The Labute approximate surface area is 187 Å². The molecule has 1 aliphatic rings. The first-order valence-electron chi connectivity index (χ1n) is 10.7. The van der Waals surface area contributed by atoms with Crippen LogP contribution in [0.4, 0.5) is 10.9 Å². The first-order valence-corrected chi connectivity index (χ1v) is 11.5. The number of likely N-dealkylation sites (tertiary alicyclic amines) is 1. The van der Waals surface area contributed by atoms with E-state index in [2.05, 4.69) is 17.2 Å². The molecule has 0 aliphatic carbocycles. The number of pyridine rings is 1. The van der Waals surface area contributed by atoms with Gasteiger partial charge in [0.2, 0.25) is 0 Å². The molecule has 0 spiro atoms. The van der Waals surface area contributed by atoms with Gasteiger partial charge in [0.15, 0.2) is 5.13 Å². The zero-order valence-corrected chi connectivity index (χ0v) is 19.0. The highest BCUT2D eigenvalue weighted by Crippen LogP contribution is 2.33. The van der Waals surface area contributed by atoms with Gasteiger partial charge in [-0.05, 0) is 63.4 Å². The van der Waals surface area contributed by atoms with Crippen molar-refractivity contribution in [1.29, 1.82) is 0 Å². The summed E-state index contributed by atoms with van der Waals surface area (Å²) in [7, 11) is 0. The molecule has 1 atom stereocenters. The summed E-state index contributed by atoms with van der Waals surface area (Å²) in [6.45, 7) is 8.04. The van der Waals surface area contributed by atoms with Gasteiger partial charge in [0.1, 0.15) is 5.82 Å². The van der Waals surface area contributed by atoms with Gasteiger partial charge in [-0.2, -0.15) is 0 Å². The Bertz CT molecular complexity index is 1030. The molecule has 162 valence electrons. The number of nitrogens with one attached hydrogen (secondary N) is 1. The second-order valence-corrected chi connectivity index (χ2v) is 8.93. The Morgan fingerprint density at radius 3 is 2.71 bits per heavy atom. The van der Waals surface area contributed by atoms with Crippen LogP contribution in [0.25, 0.3) is 0 Å². The van der Waals surface area contributed by atoms with Crippen molar-refractivity contribution in [3.63, 3.8) is 0 Å². The minimum Gasteiger partial charge on any atom is -0.377 e. The fraction of sp³-hybridized carbons (Fsp3) is 0.375. The minimum absolute atomic E-state index is 0.0166. The molecule has 1 aliphatic heterocycles. The molecule has 3 heterocycles. The van der Waals surface area contributed by atoms with Crippen LogP contribution < -0.4 is 5.32 Å². The molecule has 0 radical (unpaired) electrons. The summed E-state index contributed by atoms with van der Waals surface area (Å²) >= 11 is 1.62. The van der Waals surface area contributed by atoms with Gasteiger partial charge < -0.3 is 15.0 Å². The van der Waals surface area contributed by atoms with Crippen LogP contribution in [0.15, 0.2) is 42.5 Å². The zero-order valence-electron chi connectivity index (χ0n) is 18.2. The number of hydrogen-bond donors (Lipinski definition) is 1. The van der Waals surface area contributed by atoms with Gasteiger partial charge in [-0.1, -0.05) is 18.2 Å². The molecule has 6 nitrogen and oxygen atoms in total. The quantitative estimate of drug-likeness (QED) is 0.536. The number of aromatic nitrogens is 2. The fourth-order valence-corrected chi connectivity index (χ4v) is 4.61. The van der Waals surface area contributed by atoms with Gasteiger partial charge in [0.25, 0.3) is 5.91 Å². The maximum atomic E-state index is 13.2. The van der Waals surface area contributed by atoms with Crippen LogP contribution in [0.1, 0.15) is 58.0 Å². The number of rotatable bonds is 7. The molecule has 2 aromatic heterocycles. The molecular weight excluding hydrogens is 408 g/mol. The summed E-state index contributed by atoms with van der Waals surface area (Å²) in [5.41, 5.74) is 3.72. The summed E-state index contributed by atoms with van der Waals surface area (Å²) in [6, 6.07) is 13.6. The van der Waals surface area contributed by atoms with Crippen molar-refractivity contribution in [3.05, 3.63) is 69.9 Å². The van der Waals surface area contributed by atoms with Crippen LogP contribution in [-0.4, -0.2) is 33.9 Å². The molecule has 0 unspecified atom stereocenters. The highest BCUT2D eigenvalue weighted by atomic mass is 32.1. The number of nitrogens with zero attached hydrogens (tertiary/aromatic N) is 3. The van der Waals surface area contributed by atoms with Gasteiger partial charge in [-0.15, -0.1) is 11.3 Å². The van der Waals surface area contributed by atoms with Crippen molar-refractivity contribution < 1.29 is 9.53 Å². The van der Waals surface area contributed by atoms with Gasteiger partial charge >= 0.3 is 0 Å². The summed E-state index contributed by atoms with van der Waals surface area (Å²) in [6.07, 6.45) is 1.89. The van der Waals surface area contributed by atoms with E-state index in [1.165, 1.54) is 4.88 Å². The molecule has 1 saturated heterocycles. The largest absolute Gasteiger partial charge is 0.377 e. The van der Waals surface area contributed by atoms with E-state index in [9.17, 15) is 4.79 Å². The van der Waals surface area contributed by atoms with Crippen LogP contribution in [0.3, 0.4) is 0 Å². The van der Waals surface area contributed by atoms with Crippen molar-refractivity contribution >= 4 is 28.2 Å². The molecule has 0 saturated carbocycles. The lowest BCUT2D eigenvalue weighted by molar-refractivity contribution is 0.0733. The van der Waals surface area contributed by atoms with Crippen molar-refractivity contribution in [2.45, 2.75) is 46.3 Å². The number of carbonyl (C=O) groups excluding carboxylic acids is 1. The number of ether oxygens (including phenoxy) is 1. The third-order valence-electron chi connectivity index (χ3n) is 5.56. The van der Waals surface area contributed by atoms with E-state index in [0.717, 1.165) is 47.3 Å². The molecule has 0 bridgehead atoms. The summed E-state index contributed by atoms with van der Waals surface area (Å²) in [5, 5.41) is 4.15. The topological polar surface area (TPSA) is 67.3 Å². The standard InChI is InChI=1S/C24H28N4O2S/c1-4-30-15-18-10-12-19(13-11-18)23(29)28-14-6-8-21(28)20-7-5-9-22(26-20)27-24-25-16(2)17(3)31-24/h5,7,9-13,21H,4,6,8,14-15H2,1-3H3,(H,25,26,27)/t21-/m1/s1. The van der Waals surface area contributed by atoms with E-state index >= 15 is 0 Å². The van der Waals surface area contributed by atoms with Crippen LogP contribution >= 0.6 is 11.3 Å². The van der Waals surface area contributed by atoms with Gasteiger partial charge in [-0.25, -0.2) is 9.97 Å². The maximum Gasteiger partial charge on any atom is 0.254 e. The average Bonchev–Trinajstić information content (AvgIpc) is 3.39. The molecule has 1 aromatic carbocycles. The molecule has 1 N–H and O–H groups in total. The monoisotopic (exact) mass is 436 g/mol. The highest BCUT2D eigenvalue weighted by molar-refractivity contribution is 7.15. The van der Waals surface area contributed by atoms with Crippen LogP contribution in [0.5, 0.6) is 0 Å². The van der Waals surface area contributed by atoms with E-state index < -0.39 is 0 Å². The normalized spacial score (nSPS) is 16.0. The van der Waals surface area contributed by atoms with Crippen molar-refractivity contribution in [3.8, 4) is 0 Å². The molecule has 7 heteroatoms. The number of carbonyl (C=O) groups is 1. The average molecular weight is 437 g/mol. The lowest BCUT2D eigenvalue weighted by Crippen LogP contribution is -2.31. The Hall–Kier alpha value is -2.77. The third kappa shape index (κ3) is 4.94. The van der Waals surface area contributed by atoms with E-state index in [1.54, 1.807) is 11.3 Å². The first kappa shape index (κ1) is 21.5. The Morgan fingerprint density at radius 1 is 1.19 bits per heavy atom. The van der Waals surface area contributed by atoms with E-state index in [0.29, 0.717) is 18.8 Å². The number of benzene rings is 1. The van der Waals surface area contributed by atoms with Crippen LogP contribution in [-0.2, 0) is 11.3 Å². The maximum absolute atomic E-state index is 13.2. The zero-order chi connectivity index (χ0) is 21.8. The van der Waals surface area contributed by atoms with Gasteiger partial charge in [0, 0.05) is 23.6 Å². The van der Waals surface area contributed by atoms with Crippen molar-refractivity contribution in [1.82, 2.24) is 14.9 Å². The molecule has 1 amide bonds. The van der Waals surface area contributed by atoms with Crippen LogP contribution in [0.2, 0.25) is 0 Å². The van der Waals surface area contributed by atoms with Gasteiger partial charge in [0.05, 0.1) is 24.0 Å². The number of amides is 1. The summed E-state index contributed by atoms with van der Waals surface area (Å²) < 4.78 is 5.44. The Morgan fingerprint density at radius 2 is 2.00 bits per heavy atom. The highest BCUT2D eigenvalue weighted by Gasteiger charge is 2.31. The summed E-state index contributed by atoms with van der Waals surface area (Å²) in [5.74, 6) is 0.808. The second kappa shape index (κ2) is 9.58. The van der Waals surface area contributed by atoms with Crippen molar-refractivity contribution in [2.24, 2.45) is 0 Å². The molecule has 4 rings (SSSR count). The fourth-order valence-electron chi connectivity index (χ4n) is 3.79. The number of thiazole rings is 1. The smallest absolute Gasteiger partial charge is 0.254 e. The SMILES string of the molecule is CCOCc1ccc(C(=O)N2CCC[C@@H]2c2cccc(Nc3nc(C)c(C)s3)n2)cc1. The number of anilines is 2. The summed E-state index contributed by atoms with van der Waals surface area (Å²) in [4.78, 5) is 25.7. The van der Waals surface area contributed by atoms with Crippen molar-refractivity contribution in [2.75, 3.05) is 18.5 Å². The Balaban J connectivity index is 1.49. The van der Waals surface area contributed by atoms with Crippen LogP contribution in [0, 0.1) is 13.8 Å². The first-order chi connectivity index (χ1) is 15.0. The minimum atomic E-state index is -0.0166. The molecular formula is C24H28N4O2S. The molecule has 1 fully saturated rings. The van der Waals surface area contributed by atoms with E-state index in [4.69, 9.17) is 9.72 Å². The molecule has 3 aromatic rings. The number of aryl methyl sites for hydroxylation is 2. The Kier molecular flexibility index (Phi) is 6.63. The van der Waals surface area contributed by atoms with E-state index in [-0.39, 0.29) is 11.9 Å². The van der Waals surface area contributed by atoms with Gasteiger partial charge in [-0.3, -0.25) is 4.79 Å². The lowest BCUT2D eigenvalue weighted by Gasteiger charge is -2.25.